The summed E-state index contributed by atoms with van der Waals surface area (Å²) in [5.74, 6) is 0.489. The average Bonchev–Trinajstić information content (AvgIpc) is 2.20. The molecule has 0 aromatic heterocycles. The maximum Gasteiger partial charge on any atom is 0.164 e. The number of benzene rings is 1. The molecule has 0 unspecified atom stereocenters. The Morgan fingerprint density at radius 2 is 2.00 bits per heavy atom. The van der Waals surface area contributed by atoms with Crippen LogP contribution in [0.1, 0.15) is 25.3 Å². The zero-order valence-electron chi connectivity index (χ0n) is 8.58. The van der Waals surface area contributed by atoms with Crippen LogP contribution in [0.25, 0.3) is 0 Å². The standard InChI is InChI=1S/C11H16O3/c1-3-4-5-8-10(14-2)7-6-9(12)11(8)13/h6-7,12-13H,3-5H2,1-2H3. The first-order valence-corrected chi connectivity index (χ1v) is 4.78. The Morgan fingerprint density at radius 1 is 1.29 bits per heavy atom. The van der Waals surface area contributed by atoms with Gasteiger partial charge < -0.3 is 14.9 Å². The fourth-order valence-corrected chi connectivity index (χ4v) is 1.39. The molecule has 0 aliphatic heterocycles. The van der Waals surface area contributed by atoms with Crippen LogP contribution >= 0.6 is 0 Å². The van der Waals surface area contributed by atoms with Crippen LogP contribution in [0.5, 0.6) is 17.2 Å². The van der Waals surface area contributed by atoms with E-state index in [9.17, 15) is 10.2 Å². The van der Waals surface area contributed by atoms with Crippen LogP contribution in [0.2, 0.25) is 0 Å². The fraction of sp³-hybridized carbons (Fsp3) is 0.455. The molecule has 2 N–H and O–H groups in total. The van der Waals surface area contributed by atoms with Crippen molar-refractivity contribution in [3.63, 3.8) is 0 Å². The van der Waals surface area contributed by atoms with Gasteiger partial charge in [-0.3, -0.25) is 0 Å². The third-order valence-electron chi connectivity index (χ3n) is 2.22. The smallest absolute Gasteiger partial charge is 0.164 e. The fourth-order valence-electron chi connectivity index (χ4n) is 1.39. The van der Waals surface area contributed by atoms with Crippen LogP contribution in [0.15, 0.2) is 12.1 Å². The number of phenolic OH excluding ortho intramolecular Hbond substituents is 2. The number of methoxy groups -OCH3 is 1. The van der Waals surface area contributed by atoms with E-state index >= 15 is 0 Å². The second-order valence-electron chi connectivity index (χ2n) is 3.22. The summed E-state index contributed by atoms with van der Waals surface area (Å²) in [6, 6.07) is 3.10. The summed E-state index contributed by atoms with van der Waals surface area (Å²) < 4.78 is 5.11. The van der Waals surface area contributed by atoms with Crippen LogP contribution in [0.3, 0.4) is 0 Å². The van der Waals surface area contributed by atoms with Crippen molar-refractivity contribution in [1.29, 1.82) is 0 Å². The molecular weight excluding hydrogens is 180 g/mol. The van der Waals surface area contributed by atoms with Gasteiger partial charge in [-0.25, -0.2) is 0 Å². The maximum atomic E-state index is 9.61. The van der Waals surface area contributed by atoms with Gasteiger partial charge in [0.05, 0.1) is 7.11 Å². The van der Waals surface area contributed by atoms with Crippen molar-refractivity contribution < 1.29 is 14.9 Å². The summed E-state index contributed by atoms with van der Waals surface area (Å²) in [5.41, 5.74) is 0.689. The molecule has 0 bridgehead atoms. The Kier molecular flexibility index (Phi) is 3.63. The molecule has 0 heterocycles. The van der Waals surface area contributed by atoms with E-state index in [0.29, 0.717) is 11.3 Å². The summed E-state index contributed by atoms with van der Waals surface area (Å²) in [6.07, 6.45) is 2.73. The maximum absolute atomic E-state index is 9.61. The molecule has 1 aromatic carbocycles. The molecule has 0 saturated heterocycles. The van der Waals surface area contributed by atoms with Crippen LogP contribution in [0.4, 0.5) is 0 Å². The summed E-state index contributed by atoms with van der Waals surface area (Å²) in [5, 5.41) is 18.9. The first-order valence-electron chi connectivity index (χ1n) is 4.78. The molecule has 78 valence electrons. The van der Waals surface area contributed by atoms with Crippen LogP contribution < -0.4 is 4.74 Å². The average molecular weight is 196 g/mol. The predicted octanol–water partition coefficient (Wildman–Crippen LogP) is 2.45. The van der Waals surface area contributed by atoms with E-state index in [-0.39, 0.29) is 11.5 Å². The first kappa shape index (κ1) is 10.7. The quantitative estimate of drug-likeness (QED) is 0.727. The molecule has 0 fully saturated rings. The van der Waals surface area contributed by atoms with E-state index in [1.54, 1.807) is 13.2 Å². The lowest BCUT2D eigenvalue weighted by Crippen LogP contribution is -1.93. The number of ether oxygens (including phenoxy) is 1. The van der Waals surface area contributed by atoms with Crippen molar-refractivity contribution in [3.05, 3.63) is 17.7 Å². The van der Waals surface area contributed by atoms with Crippen molar-refractivity contribution >= 4 is 0 Å². The number of phenols is 2. The van der Waals surface area contributed by atoms with Gasteiger partial charge in [0.2, 0.25) is 0 Å². The van der Waals surface area contributed by atoms with E-state index in [0.717, 1.165) is 19.3 Å². The van der Waals surface area contributed by atoms with Gasteiger partial charge in [0, 0.05) is 5.56 Å². The van der Waals surface area contributed by atoms with E-state index in [1.807, 2.05) is 0 Å². The Bertz CT molecular complexity index is 308. The normalized spacial score (nSPS) is 10.1. The Morgan fingerprint density at radius 3 is 2.57 bits per heavy atom. The lowest BCUT2D eigenvalue weighted by molar-refractivity contribution is 0.377. The first-order chi connectivity index (χ1) is 6.70. The molecule has 1 aromatic rings. The van der Waals surface area contributed by atoms with Crippen molar-refractivity contribution in [3.8, 4) is 17.2 Å². The molecule has 0 atom stereocenters. The molecule has 0 radical (unpaired) electrons. The third-order valence-corrected chi connectivity index (χ3v) is 2.22. The van der Waals surface area contributed by atoms with Crippen molar-refractivity contribution in [2.75, 3.05) is 7.11 Å². The molecule has 3 nitrogen and oxygen atoms in total. The number of aromatic hydroxyl groups is 2. The van der Waals surface area contributed by atoms with E-state index in [1.165, 1.54) is 6.07 Å². The highest BCUT2D eigenvalue weighted by Crippen LogP contribution is 2.36. The highest BCUT2D eigenvalue weighted by Gasteiger charge is 2.11. The van der Waals surface area contributed by atoms with Gasteiger partial charge in [-0.15, -0.1) is 0 Å². The molecule has 0 amide bonds. The number of unbranched alkanes of at least 4 members (excludes halogenated alkanes) is 1. The van der Waals surface area contributed by atoms with Gasteiger partial charge in [-0.1, -0.05) is 13.3 Å². The number of hydrogen-bond donors (Lipinski definition) is 2. The van der Waals surface area contributed by atoms with Gasteiger partial charge in [-0.05, 0) is 25.0 Å². The van der Waals surface area contributed by atoms with Crippen molar-refractivity contribution in [1.82, 2.24) is 0 Å². The molecule has 1 rings (SSSR count). The predicted molar refractivity (Wildman–Crippen MR) is 54.9 cm³/mol. The topological polar surface area (TPSA) is 49.7 Å². The Hall–Kier alpha value is -1.38. The molecule has 0 spiro atoms. The molecular formula is C11H16O3. The highest BCUT2D eigenvalue weighted by molar-refractivity contribution is 5.52. The van der Waals surface area contributed by atoms with E-state index < -0.39 is 0 Å². The van der Waals surface area contributed by atoms with E-state index in [2.05, 4.69) is 6.92 Å². The molecule has 0 saturated carbocycles. The van der Waals surface area contributed by atoms with Gasteiger partial charge in [0.25, 0.3) is 0 Å². The van der Waals surface area contributed by atoms with Gasteiger partial charge in [0.1, 0.15) is 5.75 Å². The lowest BCUT2D eigenvalue weighted by Gasteiger charge is -2.10. The van der Waals surface area contributed by atoms with Crippen LogP contribution in [0, 0.1) is 0 Å². The SMILES string of the molecule is CCCCc1c(OC)ccc(O)c1O. The zero-order chi connectivity index (χ0) is 10.6. The second-order valence-corrected chi connectivity index (χ2v) is 3.22. The highest BCUT2D eigenvalue weighted by atomic mass is 16.5. The monoisotopic (exact) mass is 196 g/mol. The second kappa shape index (κ2) is 4.74. The van der Waals surface area contributed by atoms with Crippen LogP contribution in [-0.2, 0) is 6.42 Å². The zero-order valence-corrected chi connectivity index (χ0v) is 8.58. The van der Waals surface area contributed by atoms with Gasteiger partial charge >= 0.3 is 0 Å². The van der Waals surface area contributed by atoms with E-state index in [4.69, 9.17) is 4.74 Å². The molecule has 14 heavy (non-hydrogen) atoms. The Balaban J connectivity index is 3.01. The number of hydrogen-bond acceptors (Lipinski definition) is 3. The largest absolute Gasteiger partial charge is 0.504 e. The van der Waals surface area contributed by atoms with Gasteiger partial charge in [-0.2, -0.15) is 0 Å². The molecule has 0 aliphatic carbocycles. The van der Waals surface area contributed by atoms with Crippen LogP contribution in [-0.4, -0.2) is 17.3 Å². The molecule has 3 heteroatoms. The number of rotatable bonds is 4. The summed E-state index contributed by atoms with van der Waals surface area (Å²) in [7, 11) is 1.56. The Labute approximate surface area is 84.0 Å². The summed E-state index contributed by atoms with van der Waals surface area (Å²) >= 11 is 0. The third kappa shape index (κ3) is 2.10. The minimum Gasteiger partial charge on any atom is -0.504 e. The lowest BCUT2D eigenvalue weighted by atomic mass is 10.1. The molecule has 0 aliphatic rings. The van der Waals surface area contributed by atoms with Crippen molar-refractivity contribution in [2.45, 2.75) is 26.2 Å². The summed E-state index contributed by atoms with van der Waals surface area (Å²) in [6.45, 7) is 2.08. The van der Waals surface area contributed by atoms with Crippen molar-refractivity contribution in [2.24, 2.45) is 0 Å². The minimum absolute atomic E-state index is 0.0576. The summed E-state index contributed by atoms with van der Waals surface area (Å²) in [4.78, 5) is 0. The minimum atomic E-state index is -0.0862. The van der Waals surface area contributed by atoms with Gasteiger partial charge in [0.15, 0.2) is 11.5 Å².